The summed E-state index contributed by atoms with van der Waals surface area (Å²) in [6.07, 6.45) is 0. The Labute approximate surface area is 116 Å². The molecule has 0 bridgehead atoms. The van der Waals surface area contributed by atoms with Crippen LogP contribution >= 0.6 is 11.6 Å². The molecular formula is C15H11ClFNO. The number of halogens is 2. The lowest BCUT2D eigenvalue weighted by Crippen LogP contribution is -2.00. The van der Waals surface area contributed by atoms with Gasteiger partial charge in [0.15, 0.2) is 0 Å². The van der Waals surface area contributed by atoms with E-state index in [-0.39, 0.29) is 12.2 Å². The van der Waals surface area contributed by atoms with Gasteiger partial charge in [0.1, 0.15) is 24.2 Å². The highest BCUT2D eigenvalue weighted by Gasteiger charge is 2.08. The van der Waals surface area contributed by atoms with E-state index in [9.17, 15) is 4.39 Å². The molecular weight excluding hydrogens is 265 g/mol. The number of nitrogens with zero attached hydrogens (tertiary/aromatic N) is 1. The van der Waals surface area contributed by atoms with E-state index in [1.54, 1.807) is 30.3 Å². The minimum atomic E-state index is -0.529. The van der Waals surface area contributed by atoms with Gasteiger partial charge in [-0.2, -0.15) is 5.26 Å². The molecule has 0 radical (unpaired) electrons. The molecule has 0 aliphatic heterocycles. The molecule has 19 heavy (non-hydrogen) atoms. The zero-order chi connectivity index (χ0) is 13.7. The molecule has 0 unspecified atom stereocenters. The lowest BCUT2D eigenvalue weighted by atomic mass is 10.1. The van der Waals surface area contributed by atoms with Crippen molar-refractivity contribution in [1.82, 2.24) is 0 Å². The smallest absolute Gasteiger partial charge is 0.147 e. The summed E-state index contributed by atoms with van der Waals surface area (Å²) in [6, 6.07) is 13.8. The summed E-state index contributed by atoms with van der Waals surface area (Å²) in [7, 11) is 0. The Morgan fingerprint density at radius 3 is 2.74 bits per heavy atom. The van der Waals surface area contributed by atoms with E-state index in [0.717, 1.165) is 5.56 Å². The van der Waals surface area contributed by atoms with Crippen LogP contribution < -0.4 is 4.74 Å². The number of ether oxygens (including phenoxy) is 1. The maximum Gasteiger partial charge on any atom is 0.147 e. The van der Waals surface area contributed by atoms with Gasteiger partial charge in [-0.3, -0.25) is 0 Å². The van der Waals surface area contributed by atoms with Crippen molar-refractivity contribution >= 4 is 11.6 Å². The first kappa shape index (κ1) is 13.4. The van der Waals surface area contributed by atoms with Gasteiger partial charge in [-0.25, -0.2) is 4.39 Å². The van der Waals surface area contributed by atoms with Gasteiger partial charge in [0, 0.05) is 11.4 Å². The molecule has 0 amide bonds. The molecule has 4 heteroatoms. The summed E-state index contributed by atoms with van der Waals surface area (Å²) in [5, 5.41) is 8.75. The largest absolute Gasteiger partial charge is 0.489 e. The van der Waals surface area contributed by atoms with Crippen molar-refractivity contribution in [2.75, 3.05) is 0 Å². The van der Waals surface area contributed by atoms with Gasteiger partial charge in [0.25, 0.3) is 0 Å². The van der Waals surface area contributed by atoms with Gasteiger partial charge in [-0.05, 0) is 23.8 Å². The lowest BCUT2D eigenvalue weighted by molar-refractivity contribution is 0.299. The molecule has 96 valence electrons. The van der Waals surface area contributed by atoms with Gasteiger partial charge in [-0.15, -0.1) is 11.6 Å². The molecule has 0 N–H and O–H groups in total. The SMILES string of the molecule is N#Cc1cccc(COc2cccc(CCl)c2)c1F. The highest BCUT2D eigenvalue weighted by Crippen LogP contribution is 2.18. The van der Waals surface area contributed by atoms with Gasteiger partial charge in [-0.1, -0.05) is 24.3 Å². The topological polar surface area (TPSA) is 33.0 Å². The monoisotopic (exact) mass is 275 g/mol. The highest BCUT2D eigenvalue weighted by atomic mass is 35.5. The molecule has 2 rings (SSSR count). The number of hydrogen-bond acceptors (Lipinski definition) is 2. The normalized spacial score (nSPS) is 9.95. The van der Waals surface area contributed by atoms with Crippen LogP contribution in [0.3, 0.4) is 0 Å². The number of alkyl halides is 1. The summed E-state index contributed by atoms with van der Waals surface area (Å²) in [6.45, 7) is 0.0765. The molecule has 0 saturated heterocycles. The van der Waals surface area contributed by atoms with Crippen LogP contribution in [-0.4, -0.2) is 0 Å². The van der Waals surface area contributed by atoms with Crippen molar-refractivity contribution in [3.63, 3.8) is 0 Å². The molecule has 2 aromatic carbocycles. The second kappa shape index (κ2) is 6.21. The van der Waals surface area contributed by atoms with Crippen molar-refractivity contribution in [2.24, 2.45) is 0 Å². The van der Waals surface area contributed by atoms with Crippen molar-refractivity contribution in [3.8, 4) is 11.8 Å². The molecule has 0 saturated carbocycles. The molecule has 0 aliphatic carbocycles. The Hall–Kier alpha value is -2.05. The van der Waals surface area contributed by atoms with Crippen LogP contribution in [0.2, 0.25) is 0 Å². The van der Waals surface area contributed by atoms with E-state index in [1.165, 1.54) is 6.07 Å². The Morgan fingerprint density at radius 2 is 2.00 bits per heavy atom. The van der Waals surface area contributed by atoms with Crippen LogP contribution in [0.5, 0.6) is 5.75 Å². The zero-order valence-electron chi connectivity index (χ0n) is 10.1. The average Bonchev–Trinajstić information content (AvgIpc) is 2.46. The zero-order valence-corrected chi connectivity index (χ0v) is 10.8. The second-order valence-corrected chi connectivity index (χ2v) is 4.23. The Morgan fingerprint density at radius 1 is 1.21 bits per heavy atom. The molecule has 0 aromatic heterocycles. The Bertz CT molecular complexity index is 622. The van der Waals surface area contributed by atoms with Crippen molar-refractivity contribution in [1.29, 1.82) is 5.26 Å². The fraction of sp³-hybridized carbons (Fsp3) is 0.133. The summed E-state index contributed by atoms with van der Waals surface area (Å²) in [5.41, 5.74) is 1.32. The first-order chi connectivity index (χ1) is 9.24. The standard InChI is InChI=1S/C15H11ClFNO/c16-8-11-3-1-6-14(7-11)19-10-13-5-2-4-12(9-18)15(13)17/h1-7H,8,10H2. The molecule has 0 heterocycles. The van der Waals surface area contributed by atoms with Crippen molar-refractivity contribution < 1.29 is 9.13 Å². The van der Waals surface area contributed by atoms with Crippen LogP contribution in [0.4, 0.5) is 4.39 Å². The maximum absolute atomic E-state index is 13.8. The third kappa shape index (κ3) is 3.24. The van der Waals surface area contributed by atoms with Crippen molar-refractivity contribution in [3.05, 3.63) is 65.0 Å². The molecule has 2 nitrogen and oxygen atoms in total. The van der Waals surface area contributed by atoms with Crippen LogP contribution in [0.15, 0.2) is 42.5 Å². The highest BCUT2D eigenvalue weighted by molar-refractivity contribution is 6.17. The van der Waals surface area contributed by atoms with E-state index in [0.29, 0.717) is 17.2 Å². The van der Waals surface area contributed by atoms with E-state index in [2.05, 4.69) is 0 Å². The summed E-state index contributed by atoms with van der Waals surface area (Å²) in [4.78, 5) is 0. The van der Waals surface area contributed by atoms with Crippen LogP contribution in [0.1, 0.15) is 16.7 Å². The average molecular weight is 276 g/mol. The van der Waals surface area contributed by atoms with Crippen LogP contribution in [0, 0.1) is 17.1 Å². The Balaban J connectivity index is 2.12. The Kier molecular flexibility index (Phi) is 4.38. The van der Waals surface area contributed by atoms with E-state index < -0.39 is 5.82 Å². The van der Waals surface area contributed by atoms with E-state index >= 15 is 0 Å². The molecule has 0 spiro atoms. The molecule has 0 aliphatic rings. The molecule has 2 aromatic rings. The van der Waals surface area contributed by atoms with Crippen molar-refractivity contribution in [2.45, 2.75) is 12.5 Å². The lowest BCUT2D eigenvalue weighted by Gasteiger charge is -2.08. The quantitative estimate of drug-likeness (QED) is 0.790. The number of rotatable bonds is 4. The van der Waals surface area contributed by atoms with Crippen LogP contribution in [0.25, 0.3) is 0 Å². The predicted molar refractivity (Wildman–Crippen MR) is 71.4 cm³/mol. The van der Waals surface area contributed by atoms with E-state index in [4.69, 9.17) is 21.6 Å². The first-order valence-electron chi connectivity index (χ1n) is 5.70. The molecule has 0 atom stereocenters. The fourth-order valence-corrected chi connectivity index (χ4v) is 1.82. The van der Waals surface area contributed by atoms with Gasteiger partial charge >= 0.3 is 0 Å². The summed E-state index contributed by atoms with van der Waals surface area (Å²) >= 11 is 5.73. The number of nitriles is 1. The minimum Gasteiger partial charge on any atom is -0.489 e. The third-order valence-electron chi connectivity index (χ3n) is 2.65. The summed E-state index contributed by atoms with van der Waals surface area (Å²) in [5.74, 6) is 0.494. The van der Waals surface area contributed by atoms with E-state index in [1.807, 2.05) is 12.1 Å². The number of hydrogen-bond donors (Lipinski definition) is 0. The number of benzene rings is 2. The second-order valence-electron chi connectivity index (χ2n) is 3.96. The molecule has 0 fully saturated rings. The predicted octanol–water partition coefficient (Wildman–Crippen LogP) is 4.02. The van der Waals surface area contributed by atoms with Gasteiger partial charge in [0.05, 0.1) is 5.56 Å². The van der Waals surface area contributed by atoms with Gasteiger partial charge in [0.2, 0.25) is 0 Å². The third-order valence-corrected chi connectivity index (χ3v) is 2.95. The first-order valence-corrected chi connectivity index (χ1v) is 6.23. The summed E-state index contributed by atoms with van der Waals surface area (Å²) < 4.78 is 19.3. The minimum absolute atomic E-state index is 0.0237. The van der Waals surface area contributed by atoms with Gasteiger partial charge < -0.3 is 4.74 Å². The maximum atomic E-state index is 13.8. The van der Waals surface area contributed by atoms with Crippen LogP contribution in [-0.2, 0) is 12.5 Å². The fourth-order valence-electron chi connectivity index (χ4n) is 1.66.